The summed E-state index contributed by atoms with van der Waals surface area (Å²) in [7, 11) is 3.25. The lowest BCUT2D eigenvalue weighted by atomic mass is 10.1. The molecule has 0 spiro atoms. The molecular formula is C26H25N3O4. The monoisotopic (exact) mass is 443 g/mol. The molecule has 2 amide bonds. The van der Waals surface area contributed by atoms with Gasteiger partial charge in [-0.3, -0.25) is 5.32 Å². The van der Waals surface area contributed by atoms with E-state index in [0.717, 1.165) is 10.8 Å². The highest BCUT2D eigenvalue weighted by atomic mass is 16.5. The molecule has 0 aliphatic rings. The normalized spacial score (nSPS) is 11.6. The zero-order chi connectivity index (χ0) is 23.2. The van der Waals surface area contributed by atoms with Gasteiger partial charge in [0.05, 0.1) is 12.8 Å². The van der Waals surface area contributed by atoms with Crippen LogP contribution in [0.25, 0.3) is 10.8 Å². The van der Waals surface area contributed by atoms with Crippen LogP contribution < -0.4 is 25.4 Å². The predicted molar refractivity (Wildman–Crippen MR) is 130 cm³/mol. The third-order valence-corrected chi connectivity index (χ3v) is 5.11. The topological polar surface area (TPSA) is 91.9 Å². The smallest absolute Gasteiger partial charge is 0.323 e. The van der Waals surface area contributed by atoms with Crippen molar-refractivity contribution in [1.29, 1.82) is 0 Å². The van der Waals surface area contributed by atoms with E-state index in [2.05, 4.69) is 16.0 Å². The lowest BCUT2D eigenvalue weighted by Crippen LogP contribution is -2.19. The predicted octanol–water partition coefficient (Wildman–Crippen LogP) is 5.50. The third kappa shape index (κ3) is 5.41. The minimum Gasteiger partial charge on any atom is -0.495 e. The van der Waals surface area contributed by atoms with Gasteiger partial charge in [0.1, 0.15) is 23.5 Å². The van der Waals surface area contributed by atoms with E-state index in [-0.39, 0.29) is 6.03 Å². The van der Waals surface area contributed by atoms with Crippen molar-refractivity contribution in [3.8, 4) is 17.2 Å². The molecule has 4 aromatic carbocycles. The van der Waals surface area contributed by atoms with E-state index in [4.69, 9.17) is 9.47 Å². The number of fused-ring (bicyclic) bond motifs is 1. The van der Waals surface area contributed by atoms with Crippen LogP contribution in [0.4, 0.5) is 16.2 Å². The summed E-state index contributed by atoms with van der Waals surface area (Å²) in [4.78, 5) is 12.6. The Balaban J connectivity index is 1.41. The van der Waals surface area contributed by atoms with Crippen LogP contribution in [-0.4, -0.2) is 25.3 Å². The Morgan fingerprint density at radius 2 is 1.58 bits per heavy atom. The lowest BCUT2D eigenvalue weighted by Gasteiger charge is -2.13. The Morgan fingerprint density at radius 1 is 0.848 bits per heavy atom. The molecule has 0 saturated heterocycles. The number of anilines is 2. The van der Waals surface area contributed by atoms with Gasteiger partial charge in [-0.05, 0) is 71.9 Å². The van der Waals surface area contributed by atoms with Gasteiger partial charge in [-0.25, -0.2) is 4.79 Å². The number of urea groups is 1. The van der Waals surface area contributed by atoms with Gasteiger partial charge in [0, 0.05) is 5.69 Å². The summed E-state index contributed by atoms with van der Waals surface area (Å²) in [5.41, 5.74) is 1.89. The minimum atomic E-state index is -0.764. The minimum absolute atomic E-state index is 0.383. The zero-order valence-electron chi connectivity index (χ0n) is 18.3. The Kier molecular flexibility index (Phi) is 6.73. The van der Waals surface area contributed by atoms with E-state index in [9.17, 15) is 9.90 Å². The largest absolute Gasteiger partial charge is 0.495 e. The summed E-state index contributed by atoms with van der Waals surface area (Å²) in [6.07, 6.45) is -0.764. The van der Waals surface area contributed by atoms with Crippen molar-refractivity contribution in [3.63, 3.8) is 0 Å². The number of aliphatic hydroxyl groups excluding tert-OH is 1. The number of rotatable bonds is 7. The van der Waals surface area contributed by atoms with Gasteiger partial charge in [-0.2, -0.15) is 0 Å². The van der Waals surface area contributed by atoms with Crippen molar-refractivity contribution >= 4 is 28.2 Å². The first-order valence-corrected chi connectivity index (χ1v) is 10.4. The number of aliphatic hydroxyl groups is 1. The summed E-state index contributed by atoms with van der Waals surface area (Å²) >= 11 is 0. The van der Waals surface area contributed by atoms with E-state index < -0.39 is 6.23 Å². The highest BCUT2D eigenvalue weighted by Crippen LogP contribution is 2.30. The number of amides is 2. The van der Waals surface area contributed by atoms with Gasteiger partial charge in [0.15, 0.2) is 0 Å². The summed E-state index contributed by atoms with van der Waals surface area (Å²) in [6.45, 7) is 0. The van der Waals surface area contributed by atoms with Crippen molar-refractivity contribution < 1.29 is 19.4 Å². The first kappa shape index (κ1) is 22.1. The molecule has 0 radical (unpaired) electrons. The maximum Gasteiger partial charge on any atom is 0.323 e. The molecular weight excluding hydrogens is 418 g/mol. The summed E-state index contributed by atoms with van der Waals surface area (Å²) in [5, 5.41) is 20.4. The van der Waals surface area contributed by atoms with Gasteiger partial charge in [0.2, 0.25) is 0 Å². The van der Waals surface area contributed by atoms with Crippen molar-refractivity contribution in [1.82, 2.24) is 5.32 Å². The number of ether oxygens (including phenoxy) is 2. The van der Waals surface area contributed by atoms with E-state index in [0.29, 0.717) is 34.2 Å². The second kappa shape index (κ2) is 10.0. The first-order chi connectivity index (χ1) is 16.1. The van der Waals surface area contributed by atoms with Crippen LogP contribution in [0.15, 0.2) is 84.9 Å². The van der Waals surface area contributed by atoms with E-state index in [1.54, 1.807) is 44.5 Å². The summed E-state index contributed by atoms with van der Waals surface area (Å²) in [5.74, 6) is 1.79. The highest BCUT2D eigenvalue weighted by molar-refractivity contribution is 6.02. The Labute approximate surface area is 192 Å². The van der Waals surface area contributed by atoms with Crippen LogP contribution in [0.5, 0.6) is 17.2 Å². The third-order valence-electron chi connectivity index (χ3n) is 5.11. The van der Waals surface area contributed by atoms with Crippen molar-refractivity contribution in [2.75, 3.05) is 24.8 Å². The molecule has 0 fully saturated rings. The number of methoxy groups -OCH3 is 1. The molecule has 0 aliphatic heterocycles. The van der Waals surface area contributed by atoms with Crippen LogP contribution >= 0.6 is 0 Å². The van der Waals surface area contributed by atoms with E-state index in [1.807, 2.05) is 54.6 Å². The Morgan fingerprint density at radius 3 is 2.27 bits per heavy atom. The van der Waals surface area contributed by atoms with Crippen LogP contribution in [0.2, 0.25) is 0 Å². The van der Waals surface area contributed by atoms with Crippen molar-refractivity contribution in [2.45, 2.75) is 6.23 Å². The van der Waals surface area contributed by atoms with Gasteiger partial charge in [-0.1, -0.05) is 36.4 Å². The molecule has 0 aliphatic carbocycles. The van der Waals surface area contributed by atoms with Gasteiger partial charge >= 0.3 is 6.03 Å². The van der Waals surface area contributed by atoms with Crippen molar-refractivity contribution in [2.24, 2.45) is 0 Å². The van der Waals surface area contributed by atoms with E-state index in [1.165, 1.54) is 0 Å². The van der Waals surface area contributed by atoms with Gasteiger partial charge in [0.25, 0.3) is 0 Å². The standard InChI is InChI=1S/C26H25N3O4/c1-27-25(30)19-8-5-9-22(14-19)33-21-12-10-20(11-13-21)28-26(31)29-23-15-17-6-3-4-7-18(17)16-24(23)32-2/h3-16,25,27,30H,1-2H3,(H2,28,29,31)/t25-/m0/s1. The van der Waals surface area contributed by atoms with Crippen LogP contribution in [-0.2, 0) is 0 Å². The highest BCUT2D eigenvalue weighted by Gasteiger charge is 2.10. The van der Waals surface area contributed by atoms with E-state index >= 15 is 0 Å². The molecule has 0 saturated carbocycles. The Bertz CT molecular complexity index is 1260. The molecule has 33 heavy (non-hydrogen) atoms. The molecule has 0 unspecified atom stereocenters. The SMILES string of the molecule is CN[C@@H](O)c1cccc(Oc2ccc(NC(=O)Nc3cc4ccccc4cc3OC)cc2)c1. The van der Waals surface area contributed by atoms with Crippen LogP contribution in [0, 0.1) is 0 Å². The molecule has 4 N–H and O–H groups in total. The average Bonchev–Trinajstić information content (AvgIpc) is 2.84. The molecule has 1 atom stereocenters. The number of hydrogen-bond donors (Lipinski definition) is 4. The number of benzene rings is 4. The zero-order valence-corrected chi connectivity index (χ0v) is 18.3. The fraction of sp³-hybridized carbons (Fsp3) is 0.115. The average molecular weight is 444 g/mol. The number of nitrogens with one attached hydrogen (secondary N) is 3. The molecule has 0 aromatic heterocycles. The first-order valence-electron chi connectivity index (χ1n) is 10.4. The molecule has 4 rings (SSSR count). The second-order valence-electron chi connectivity index (χ2n) is 7.37. The fourth-order valence-electron chi connectivity index (χ4n) is 3.43. The number of carbonyl (C=O) groups is 1. The Hall–Kier alpha value is -4.07. The lowest BCUT2D eigenvalue weighted by molar-refractivity contribution is 0.149. The fourth-order valence-corrected chi connectivity index (χ4v) is 3.43. The molecule has 4 aromatic rings. The second-order valence-corrected chi connectivity index (χ2v) is 7.37. The number of hydrogen-bond acceptors (Lipinski definition) is 5. The van der Waals surface area contributed by atoms with Crippen LogP contribution in [0.3, 0.4) is 0 Å². The van der Waals surface area contributed by atoms with Crippen molar-refractivity contribution in [3.05, 3.63) is 90.5 Å². The molecule has 7 nitrogen and oxygen atoms in total. The summed E-state index contributed by atoms with van der Waals surface area (Å²) < 4.78 is 11.3. The molecule has 0 heterocycles. The maximum absolute atomic E-state index is 12.6. The summed E-state index contributed by atoms with van der Waals surface area (Å²) in [6, 6.07) is 25.5. The molecule has 7 heteroatoms. The number of carbonyl (C=O) groups excluding carboxylic acids is 1. The van der Waals surface area contributed by atoms with Gasteiger partial charge < -0.3 is 25.2 Å². The maximum atomic E-state index is 12.6. The quantitative estimate of drug-likeness (QED) is 0.283. The van der Waals surface area contributed by atoms with Gasteiger partial charge in [-0.15, -0.1) is 0 Å². The molecule has 168 valence electrons. The molecule has 0 bridgehead atoms. The van der Waals surface area contributed by atoms with Crippen LogP contribution in [0.1, 0.15) is 11.8 Å².